The molecule has 2 aliphatic rings. The van der Waals surface area contributed by atoms with Gasteiger partial charge >= 0.3 is 0 Å². The van der Waals surface area contributed by atoms with Crippen molar-refractivity contribution in [3.63, 3.8) is 0 Å². The predicted octanol–water partition coefficient (Wildman–Crippen LogP) is 5.08. The van der Waals surface area contributed by atoms with Crippen molar-refractivity contribution in [2.24, 2.45) is 0 Å². The van der Waals surface area contributed by atoms with Crippen LogP contribution in [0.15, 0.2) is 12.1 Å². The van der Waals surface area contributed by atoms with E-state index in [1.165, 1.54) is 25.7 Å². The van der Waals surface area contributed by atoms with Crippen LogP contribution in [-0.2, 0) is 0 Å². The molecule has 0 spiro atoms. The van der Waals surface area contributed by atoms with Crippen LogP contribution in [0.4, 0.5) is 0 Å². The summed E-state index contributed by atoms with van der Waals surface area (Å²) in [4.78, 5) is 0. The Morgan fingerprint density at radius 1 is 1.14 bits per heavy atom. The van der Waals surface area contributed by atoms with Crippen LogP contribution in [0, 0.1) is 0 Å². The van der Waals surface area contributed by atoms with Crippen molar-refractivity contribution in [3.05, 3.63) is 27.7 Å². The highest BCUT2D eigenvalue weighted by Gasteiger charge is 2.28. The number of fused-ring (bicyclic) bond motifs is 1. The zero-order valence-electron chi connectivity index (χ0n) is 12.2. The van der Waals surface area contributed by atoms with Crippen molar-refractivity contribution in [2.75, 3.05) is 12.9 Å². The molecule has 1 fully saturated rings. The van der Waals surface area contributed by atoms with Crippen molar-refractivity contribution in [2.45, 2.75) is 49.4 Å². The fourth-order valence-corrected chi connectivity index (χ4v) is 4.66. The summed E-state index contributed by atoms with van der Waals surface area (Å²) < 4.78 is 5.73. The van der Waals surface area contributed by atoms with E-state index in [2.05, 4.69) is 11.6 Å². The van der Waals surface area contributed by atoms with Crippen LogP contribution >= 0.6 is 35.0 Å². The molecule has 1 aliphatic carbocycles. The second-order valence-electron chi connectivity index (χ2n) is 5.87. The lowest BCUT2D eigenvalue weighted by atomic mass is 9.92. The Kier molecular flexibility index (Phi) is 5.26. The first-order chi connectivity index (χ1) is 10.2. The highest BCUT2D eigenvalue weighted by molar-refractivity contribution is 7.99. The number of hydrogen-bond donors (Lipinski definition) is 1. The average Bonchev–Trinajstić information content (AvgIpc) is 2.49. The molecule has 2 nitrogen and oxygen atoms in total. The summed E-state index contributed by atoms with van der Waals surface area (Å²) in [5.41, 5.74) is 1.12. The minimum absolute atomic E-state index is 0.306. The van der Waals surface area contributed by atoms with Gasteiger partial charge in [-0.15, -0.1) is 0 Å². The van der Waals surface area contributed by atoms with Crippen LogP contribution in [0.5, 0.6) is 5.75 Å². The smallest absolute Gasteiger partial charge is 0.142 e. The fourth-order valence-electron chi connectivity index (χ4n) is 3.35. The Balaban J connectivity index is 1.71. The molecule has 0 amide bonds. The zero-order valence-corrected chi connectivity index (χ0v) is 14.5. The monoisotopic (exact) mass is 345 g/mol. The minimum Gasteiger partial charge on any atom is -0.492 e. The summed E-state index contributed by atoms with van der Waals surface area (Å²) >= 11 is 14.4. The highest BCUT2D eigenvalue weighted by Crippen LogP contribution is 2.40. The van der Waals surface area contributed by atoms with Crippen molar-refractivity contribution < 1.29 is 4.74 Å². The molecule has 21 heavy (non-hydrogen) atoms. The SMILES string of the molecule is CSC1CCC(NC2CCOc3c(Cl)cc(Cl)cc32)CC1. The Morgan fingerprint density at radius 3 is 2.62 bits per heavy atom. The van der Waals surface area contributed by atoms with Crippen LogP contribution in [0.1, 0.15) is 43.7 Å². The molecule has 1 saturated carbocycles. The lowest BCUT2D eigenvalue weighted by Crippen LogP contribution is -2.38. The topological polar surface area (TPSA) is 21.3 Å². The highest BCUT2D eigenvalue weighted by atomic mass is 35.5. The summed E-state index contributed by atoms with van der Waals surface area (Å²) in [6.07, 6.45) is 8.33. The first-order valence-corrected chi connectivity index (χ1v) is 9.62. The molecule has 0 saturated heterocycles. The van der Waals surface area contributed by atoms with Crippen LogP contribution in [0.2, 0.25) is 10.0 Å². The van der Waals surface area contributed by atoms with Gasteiger partial charge in [-0.3, -0.25) is 0 Å². The Labute approximate surface area is 140 Å². The van der Waals surface area contributed by atoms with Crippen molar-refractivity contribution in [3.8, 4) is 5.75 Å². The third-order valence-electron chi connectivity index (χ3n) is 4.51. The number of hydrogen-bond acceptors (Lipinski definition) is 3. The van der Waals surface area contributed by atoms with Gasteiger partial charge in [0.1, 0.15) is 5.75 Å². The van der Waals surface area contributed by atoms with Gasteiger partial charge in [0.05, 0.1) is 11.6 Å². The second kappa shape index (κ2) is 6.99. The molecule has 1 unspecified atom stereocenters. The Bertz CT molecular complexity index is 503. The number of ether oxygens (including phenoxy) is 1. The molecule has 1 aromatic rings. The molecule has 0 aromatic heterocycles. The Hall–Kier alpha value is -0.0900. The van der Waals surface area contributed by atoms with Gasteiger partial charge in [0, 0.05) is 34.3 Å². The van der Waals surface area contributed by atoms with Gasteiger partial charge in [0.2, 0.25) is 0 Å². The molecule has 3 rings (SSSR count). The van der Waals surface area contributed by atoms with Gasteiger partial charge in [-0.2, -0.15) is 11.8 Å². The lowest BCUT2D eigenvalue weighted by molar-refractivity contribution is 0.234. The maximum Gasteiger partial charge on any atom is 0.142 e. The molecule has 5 heteroatoms. The van der Waals surface area contributed by atoms with E-state index >= 15 is 0 Å². The number of benzene rings is 1. The number of halogens is 2. The number of rotatable bonds is 3. The quantitative estimate of drug-likeness (QED) is 0.825. The van der Waals surface area contributed by atoms with Crippen LogP contribution in [0.25, 0.3) is 0 Å². The summed E-state index contributed by atoms with van der Waals surface area (Å²) in [6.45, 7) is 0.714. The van der Waals surface area contributed by atoms with Crippen LogP contribution < -0.4 is 10.1 Å². The third kappa shape index (κ3) is 3.64. The van der Waals surface area contributed by atoms with Crippen LogP contribution in [-0.4, -0.2) is 24.2 Å². The van der Waals surface area contributed by atoms with E-state index in [1.54, 1.807) is 6.07 Å². The van der Waals surface area contributed by atoms with E-state index in [0.29, 0.717) is 28.7 Å². The first-order valence-electron chi connectivity index (χ1n) is 7.58. The largest absolute Gasteiger partial charge is 0.492 e. The average molecular weight is 346 g/mol. The number of thioether (sulfide) groups is 1. The summed E-state index contributed by atoms with van der Waals surface area (Å²) in [6, 6.07) is 4.66. The van der Waals surface area contributed by atoms with Gasteiger partial charge in [-0.05, 0) is 44.1 Å². The molecule has 0 radical (unpaired) electrons. The maximum absolute atomic E-state index is 6.25. The third-order valence-corrected chi connectivity index (χ3v) is 6.15. The van der Waals surface area contributed by atoms with Gasteiger partial charge in [0.15, 0.2) is 0 Å². The molecule has 1 aliphatic heterocycles. The van der Waals surface area contributed by atoms with Crippen molar-refractivity contribution in [1.29, 1.82) is 0 Å². The molecule has 0 bridgehead atoms. The second-order valence-corrected chi connectivity index (χ2v) is 7.85. The van der Waals surface area contributed by atoms with Gasteiger partial charge in [-0.1, -0.05) is 23.2 Å². The van der Waals surface area contributed by atoms with Gasteiger partial charge in [-0.25, -0.2) is 0 Å². The molecule has 1 atom stereocenters. The van der Waals surface area contributed by atoms with Gasteiger partial charge in [0.25, 0.3) is 0 Å². The molecule has 1 heterocycles. The summed E-state index contributed by atoms with van der Waals surface area (Å²) in [5.74, 6) is 0.808. The van der Waals surface area contributed by atoms with E-state index in [0.717, 1.165) is 23.0 Å². The van der Waals surface area contributed by atoms with E-state index in [1.807, 2.05) is 17.8 Å². The fraction of sp³-hybridized carbons (Fsp3) is 0.625. The minimum atomic E-state index is 0.306. The van der Waals surface area contributed by atoms with Crippen molar-refractivity contribution in [1.82, 2.24) is 5.32 Å². The van der Waals surface area contributed by atoms with E-state index < -0.39 is 0 Å². The summed E-state index contributed by atoms with van der Waals surface area (Å²) in [5, 5.41) is 5.95. The van der Waals surface area contributed by atoms with Crippen LogP contribution in [0.3, 0.4) is 0 Å². The molecular formula is C16H21Cl2NOS. The first kappa shape index (κ1) is 15.8. The zero-order chi connectivity index (χ0) is 14.8. The van der Waals surface area contributed by atoms with Gasteiger partial charge < -0.3 is 10.1 Å². The molecule has 1 aromatic carbocycles. The van der Waals surface area contributed by atoms with E-state index in [-0.39, 0.29) is 0 Å². The normalized spacial score (nSPS) is 28.8. The predicted molar refractivity (Wildman–Crippen MR) is 92.0 cm³/mol. The molecular weight excluding hydrogens is 325 g/mol. The van der Waals surface area contributed by atoms with E-state index in [9.17, 15) is 0 Å². The summed E-state index contributed by atoms with van der Waals surface area (Å²) in [7, 11) is 0. The molecule has 116 valence electrons. The van der Waals surface area contributed by atoms with Crippen molar-refractivity contribution >= 4 is 35.0 Å². The van der Waals surface area contributed by atoms with E-state index in [4.69, 9.17) is 27.9 Å². The Morgan fingerprint density at radius 2 is 1.90 bits per heavy atom. The maximum atomic E-state index is 6.25. The standard InChI is InChI=1S/C16H21Cl2NOS/c1-21-12-4-2-11(3-5-12)19-15-6-7-20-16-13(15)8-10(17)9-14(16)18/h8-9,11-12,15,19H,2-7H2,1H3. The lowest BCUT2D eigenvalue weighted by Gasteiger charge is -2.34. The number of nitrogens with one attached hydrogen (secondary N) is 1. The molecule has 1 N–H and O–H groups in total.